The number of nitrogens with one attached hydrogen (secondary N) is 1. The normalized spacial score (nSPS) is 10.4. The van der Waals surface area contributed by atoms with Gasteiger partial charge in [0.25, 0.3) is 5.91 Å². The van der Waals surface area contributed by atoms with E-state index in [1.165, 1.54) is 28.9 Å². The lowest BCUT2D eigenvalue weighted by Gasteiger charge is -2.04. The SMILES string of the molecule is Cc1nn(C)c(Cl)c1C(=O)Nc1ccc(F)cc1. The molecule has 2 rings (SSSR count). The molecule has 0 saturated carbocycles. The molecule has 0 bridgehead atoms. The summed E-state index contributed by atoms with van der Waals surface area (Å²) in [5.41, 5.74) is 1.37. The van der Waals surface area contributed by atoms with Gasteiger partial charge in [0.1, 0.15) is 11.0 Å². The maximum Gasteiger partial charge on any atom is 0.260 e. The molecular weight excluding hydrogens is 257 g/mol. The molecule has 0 aliphatic carbocycles. The zero-order valence-electron chi connectivity index (χ0n) is 9.87. The number of nitrogens with zero attached hydrogens (tertiary/aromatic N) is 2. The number of anilines is 1. The van der Waals surface area contributed by atoms with Gasteiger partial charge in [0, 0.05) is 12.7 Å². The predicted molar refractivity (Wildman–Crippen MR) is 67.3 cm³/mol. The van der Waals surface area contributed by atoms with Crippen LogP contribution in [0.25, 0.3) is 0 Å². The third-order valence-corrected chi connectivity index (χ3v) is 2.91. The average Bonchev–Trinajstić information content (AvgIpc) is 2.56. The van der Waals surface area contributed by atoms with Gasteiger partial charge in [-0.3, -0.25) is 9.48 Å². The fourth-order valence-corrected chi connectivity index (χ4v) is 1.88. The third-order valence-electron chi connectivity index (χ3n) is 2.48. The highest BCUT2D eigenvalue weighted by molar-refractivity contribution is 6.33. The Kier molecular flexibility index (Phi) is 3.34. The average molecular weight is 268 g/mol. The Morgan fingerprint density at radius 1 is 1.39 bits per heavy atom. The maximum atomic E-state index is 12.7. The second kappa shape index (κ2) is 4.78. The number of carbonyl (C=O) groups excluding carboxylic acids is 1. The van der Waals surface area contributed by atoms with Crippen LogP contribution in [0, 0.1) is 12.7 Å². The molecule has 1 aromatic carbocycles. The smallest absolute Gasteiger partial charge is 0.260 e. The van der Waals surface area contributed by atoms with E-state index < -0.39 is 0 Å². The van der Waals surface area contributed by atoms with E-state index in [0.717, 1.165) is 0 Å². The van der Waals surface area contributed by atoms with Crippen LogP contribution in [0.15, 0.2) is 24.3 Å². The highest BCUT2D eigenvalue weighted by Gasteiger charge is 2.18. The fraction of sp³-hybridized carbons (Fsp3) is 0.167. The molecule has 0 spiro atoms. The molecule has 0 aliphatic heterocycles. The van der Waals surface area contributed by atoms with Crippen molar-refractivity contribution in [3.63, 3.8) is 0 Å². The van der Waals surface area contributed by atoms with Crippen LogP contribution in [0.4, 0.5) is 10.1 Å². The summed E-state index contributed by atoms with van der Waals surface area (Å²) < 4.78 is 14.2. The zero-order valence-corrected chi connectivity index (χ0v) is 10.6. The van der Waals surface area contributed by atoms with Gasteiger partial charge < -0.3 is 5.32 Å². The van der Waals surface area contributed by atoms with E-state index in [2.05, 4.69) is 10.4 Å². The molecule has 0 radical (unpaired) electrons. The van der Waals surface area contributed by atoms with E-state index in [1.807, 2.05) is 0 Å². The monoisotopic (exact) mass is 267 g/mol. The first-order valence-electron chi connectivity index (χ1n) is 5.25. The Hall–Kier alpha value is -1.88. The van der Waals surface area contributed by atoms with Crippen LogP contribution in [0.5, 0.6) is 0 Å². The van der Waals surface area contributed by atoms with Crippen LogP contribution in [0.2, 0.25) is 5.15 Å². The van der Waals surface area contributed by atoms with Gasteiger partial charge in [0.2, 0.25) is 0 Å². The molecule has 1 heterocycles. The Morgan fingerprint density at radius 3 is 2.50 bits per heavy atom. The van der Waals surface area contributed by atoms with Gasteiger partial charge in [-0.2, -0.15) is 5.10 Å². The summed E-state index contributed by atoms with van der Waals surface area (Å²) in [7, 11) is 1.66. The lowest BCUT2D eigenvalue weighted by Crippen LogP contribution is -2.13. The zero-order chi connectivity index (χ0) is 13.3. The van der Waals surface area contributed by atoms with Crippen LogP contribution in [-0.2, 0) is 7.05 Å². The number of carbonyl (C=O) groups is 1. The van der Waals surface area contributed by atoms with Crippen molar-refractivity contribution in [2.24, 2.45) is 7.05 Å². The number of aromatic nitrogens is 2. The fourth-order valence-electron chi connectivity index (χ4n) is 1.61. The summed E-state index contributed by atoms with van der Waals surface area (Å²) in [6, 6.07) is 5.50. The van der Waals surface area contributed by atoms with E-state index >= 15 is 0 Å². The van der Waals surface area contributed by atoms with Gasteiger partial charge in [-0.25, -0.2) is 4.39 Å². The second-order valence-corrected chi connectivity index (χ2v) is 4.19. The Bertz CT molecular complexity index is 592. The molecule has 0 unspecified atom stereocenters. The number of benzene rings is 1. The Morgan fingerprint density at radius 2 is 2.00 bits per heavy atom. The molecule has 1 N–H and O–H groups in total. The maximum absolute atomic E-state index is 12.7. The summed E-state index contributed by atoms with van der Waals surface area (Å²) in [4.78, 5) is 12.0. The minimum atomic E-state index is -0.364. The molecule has 1 aromatic heterocycles. The van der Waals surface area contributed by atoms with Crippen molar-refractivity contribution < 1.29 is 9.18 Å². The lowest BCUT2D eigenvalue weighted by molar-refractivity contribution is 0.102. The quantitative estimate of drug-likeness (QED) is 0.909. The number of aryl methyl sites for hydroxylation is 2. The van der Waals surface area contributed by atoms with Crippen molar-refractivity contribution in [2.45, 2.75) is 6.92 Å². The van der Waals surface area contributed by atoms with Crippen molar-refractivity contribution >= 4 is 23.2 Å². The van der Waals surface area contributed by atoms with Gasteiger partial charge in [-0.05, 0) is 31.2 Å². The van der Waals surface area contributed by atoms with Gasteiger partial charge in [0.15, 0.2) is 0 Å². The number of rotatable bonds is 2. The molecule has 1 amide bonds. The van der Waals surface area contributed by atoms with E-state index in [0.29, 0.717) is 16.9 Å². The Balaban J connectivity index is 2.24. The van der Waals surface area contributed by atoms with E-state index in [-0.39, 0.29) is 16.9 Å². The third kappa shape index (κ3) is 2.36. The summed E-state index contributed by atoms with van der Waals surface area (Å²) >= 11 is 5.98. The summed E-state index contributed by atoms with van der Waals surface area (Å²) in [5, 5.41) is 6.96. The number of halogens is 2. The molecule has 0 aliphatic rings. The lowest BCUT2D eigenvalue weighted by atomic mass is 10.2. The number of hydrogen-bond acceptors (Lipinski definition) is 2. The number of hydrogen-bond donors (Lipinski definition) is 1. The summed E-state index contributed by atoms with van der Waals surface area (Å²) in [6.07, 6.45) is 0. The number of amides is 1. The van der Waals surface area contributed by atoms with Crippen LogP contribution >= 0.6 is 11.6 Å². The molecule has 6 heteroatoms. The van der Waals surface area contributed by atoms with Crippen LogP contribution < -0.4 is 5.32 Å². The van der Waals surface area contributed by atoms with Crippen LogP contribution in [0.3, 0.4) is 0 Å². The van der Waals surface area contributed by atoms with E-state index in [4.69, 9.17) is 11.6 Å². The van der Waals surface area contributed by atoms with E-state index in [1.54, 1.807) is 14.0 Å². The van der Waals surface area contributed by atoms with E-state index in [9.17, 15) is 9.18 Å². The largest absolute Gasteiger partial charge is 0.322 e. The second-order valence-electron chi connectivity index (χ2n) is 3.84. The summed E-state index contributed by atoms with van der Waals surface area (Å²) in [5.74, 6) is -0.721. The molecule has 4 nitrogen and oxygen atoms in total. The van der Waals surface area contributed by atoms with Crippen molar-refractivity contribution in [3.8, 4) is 0 Å². The van der Waals surface area contributed by atoms with Crippen molar-refractivity contribution in [2.75, 3.05) is 5.32 Å². The van der Waals surface area contributed by atoms with Gasteiger partial charge in [-0.1, -0.05) is 11.6 Å². The topological polar surface area (TPSA) is 46.9 Å². The van der Waals surface area contributed by atoms with Gasteiger partial charge >= 0.3 is 0 Å². The van der Waals surface area contributed by atoms with Crippen LogP contribution in [-0.4, -0.2) is 15.7 Å². The van der Waals surface area contributed by atoms with Gasteiger partial charge in [0.05, 0.1) is 11.3 Å². The molecule has 94 valence electrons. The highest BCUT2D eigenvalue weighted by Crippen LogP contribution is 2.20. The molecule has 0 atom stereocenters. The predicted octanol–water partition coefficient (Wildman–Crippen LogP) is 2.77. The molecule has 0 saturated heterocycles. The molecule has 18 heavy (non-hydrogen) atoms. The van der Waals surface area contributed by atoms with Crippen molar-refractivity contribution in [1.82, 2.24) is 9.78 Å². The van der Waals surface area contributed by atoms with Crippen molar-refractivity contribution in [1.29, 1.82) is 0 Å². The van der Waals surface area contributed by atoms with Crippen molar-refractivity contribution in [3.05, 3.63) is 46.5 Å². The highest BCUT2D eigenvalue weighted by atomic mass is 35.5. The standard InChI is InChI=1S/C12H11ClFN3O/c1-7-10(11(13)17(2)16-7)12(18)15-9-5-3-8(14)4-6-9/h3-6H,1-2H3,(H,15,18). The first kappa shape index (κ1) is 12.6. The first-order chi connectivity index (χ1) is 8.49. The Labute approximate surface area is 108 Å². The van der Waals surface area contributed by atoms with Gasteiger partial charge in [-0.15, -0.1) is 0 Å². The molecule has 2 aromatic rings. The minimum absolute atomic E-state index is 0.270. The minimum Gasteiger partial charge on any atom is -0.322 e. The molecular formula is C12H11ClFN3O. The first-order valence-corrected chi connectivity index (χ1v) is 5.63. The van der Waals surface area contributed by atoms with Crippen LogP contribution in [0.1, 0.15) is 16.1 Å². The molecule has 0 fully saturated rings. The summed E-state index contributed by atoms with van der Waals surface area (Å²) in [6.45, 7) is 1.70.